The second-order valence-electron chi connectivity index (χ2n) is 3.84. The van der Waals surface area contributed by atoms with Gasteiger partial charge in [0.15, 0.2) is 0 Å². The molecule has 0 aliphatic heterocycles. The maximum absolute atomic E-state index is 13.5. The van der Waals surface area contributed by atoms with Crippen LogP contribution in [0.3, 0.4) is 0 Å². The Morgan fingerprint density at radius 2 is 1.84 bits per heavy atom. The van der Waals surface area contributed by atoms with Crippen molar-refractivity contribution in [3.8, 4) is 0 Å². The van der Waals surface area contributed by atoms with Crippen LogP contribution in [-0.2, 0) is 6.54 Å². The van der Waals surface area contributed by atoms with Gasteiger partial charge >= 0.3 is 0 Å². The highest BCUT2D eigenvalue weighted by atomic mass is 35.5. The fraction of sp³-hybridized carbons (Fsp3) is 0.154. The van der Waals surface area contributed by atoms with Crippen molar-refractivity contribution >= 4 is 34.8 Å². The Kier molecular flexibility index (Phi) is 4.45. The van der Waals surface area contributed by atoms with Gasteiger partial charge in [0.2, 0.25) is 0 Å². The SMILES string of the molecule is CNc1nc(NCc2ccccc2F)c(Cl)cc1Cl. The van der Waals surface area contributed by atoms with Crippen molar-refractivity contribution < 1.29 is 4.39 Å². The van der Waals surface area contributed by atoms with Crippen molar-refractivity contribution in [3.05, 3.63) is 51.8 Å². The molecule has 2 aromatic rings. The van der Waals surface area contributed by atoms with E-state index in [4.69, 9.17) is 23.2 Å². The molecule has 0 fully saturated rings. The van der Waals surface area contributed by atoms with Gasteiger partial charge in [-0.2, -0.15) is 0 Å². The van der Waals surface area contributed by atoms with Gasteiger partial charge in [-0.25, -0.2) is 9.37 Å². The lowest BCUT2D eigenvalue weighted by atomic mass is 10.2. The zero-order valence-electron chi connectivity index (χ0n) is 10.2. The van der Waals surface area contributed by atoms with Crippen molar-refractivity contribution in [3.63, 3.8) is 0 Å². The molecule has 0 aliphatic carbocycles. The van der Waals surface area contributed by atoms with E-state index >= 15 is 0 Å². The number of nitrogens with one attached hydrogen (secondary N) is 2. The summed E-state index contributed by atoms with van der Waals surface area (Å²) in [5.74, 6) is 0.703. The molecule has 0 spiro atoms. The smallest absolute Gasteiger partial charge is 0.147 e. The van der Waals surface area contributed by atoms with E-state index < -0.39 is 0 Å². The molecule has 2 N–H and O–H groups in total. The minimum Gasteiger partial charge on any atom is -0.372 e. The highest BCUT2D eigenvalue weighted by Crippen LogP contribution is 2.29. The number of anilines is 2. The first-order valence-electron chi connectivity index (χ1n) is 5.63. The summed E-state index contributed by atoms with van der Waals surface area (Å²) in [7, 11) is 1.71. The number of hydrogen-bond acceptors (Lipinski definition) is 3. The lowest BCUT2D eigenvalue weighted by Gasteiger charge is -2.11. The fourth-order valence-electron chi connectivity index (χ4n) is 1.59. The second kappa shape index (κ2) is 6.08. The molecule has 1 aromatic carbocycles. The summed E-state index contributed by atoms with van der Waals surface area (Å²) in [5, 5.41) is 6.67. The molecule has 0 atom stereocenters. The molecule has 0 saturated heterocycles. The average molecular weight is 300 g/mol. The molecule has 6 heteroatoms. The zero-order valence-corrected chi connectivity index (χ0v) is 11.7. The molecule has 0 bridgehead atoms. The van der Waals surface area contributed by atoms with Crippen LogP contribution in [0.4, 0.5) is 16.0 Å². The van der Waals surface area contributed by atoms with Gasteiger partial charge in [0.1, 0.15) is 17.5 Å². The summed E-state index contributed by atoms with van der Waals surface area (Å²) in [5.41, 5.74) is 0.543. The number of rotatable bonds is 4. The van der Waals surface area contributed by atoms with Crippen LogP contribution in [0, 0.1) is 5.82 Å². The highest BCUT2D eigenvalue weighted by Gasteiger charge is 2.09. The Morgan fingerprint density at radius 1 is 1.16 bits per heavy atom. The van der Waals surface area contributed by atoms with Crippen LogP contribution in [0.25, 0.3) is 0 Å². The van der Waals surface area contributed by atoms with Crippen molar-refractivity contribution in [1.82, 2.24) is 4.98 Å². The minimum atomic E-state index is -0.270. The number of halogens is 3. The van der Waals surface area contributed by atoms with Gasteiger partial charge in [-0.05, 0) is 12.1 Å². The summed E-state index contributed by atoms with van der Waals surface area (Å²) >= 11 is 12.0. The summed E-state index contributed by atoms with van der Waals surface area (Å²) in [4.78, 5) is 4.23. The van der Waals surface area contributed by atoms with Crippen LogP contribution in [0.5, 0.6) is 0 Å². The van der Waals surface area contributed by atoms with Crippen LogP contribution < -0.4 is 10.6 Å². The van der Waals surface area contributed by atoms with Gasteiger partial charge in [-0.15, -0.1) is 0 Å². The predicted molar refractivity (Wildman–Crippen MR) is 77.5 cm³/mol. The third-order valence-corrected chi connectivity index (χ3v) is 3.15. The quantitative estimate of drug-likeness (QED) is 0.889. The van der Waals surface area contributed by atoms with Crippen molar-refractivity contribution in [2.75, 3.05) is 17.7 Å². The van der Waals surface area contributed by atoms with E-state index in [2.05, 4.69) is 15.6 Å². The standard InChI is InChI=1S/C13H12Cl2FN3/c1-17-12-9(14)6-10(15)13(19-12)18-7-8-4-2-3-5-11(8)16/h2-6H,7H2,1H3,(H2,17,18,19). The summed E-state index contributed by atoms with van der Waals surface area (Å²) in [6.45, 7) is 0.296. The lowest BCUT2D eigenvalue weighted by molar-refractivity contribution is 0.613. The van der Waals surface area contributed by atoms with E-state index in [1.807, 2.05) is 0 Å². The van der Waals surface area contributed by atoms with Gasteiger partial charge in [0.05, 0.1) is 10.0 Å². The monoisotopic (exact) mass is 299 g/mol. The number of nitrogens with zero attached hydrogens (tertiary/aromatic N) is 1. The van der Waals surface area contributed by atoms with Crippen LogP contribution in [-0.4, -0.2) is 12.0 Å². The number of pyridine rings is 1. The molecule has 0 saturated carbocycles. The maximum Gasteiger partial charge on any atom is 0.147 e. The Labute approximate surface area is 120 Å². The van der Waals surface area contributed by atoms with E-state index in [9.17, 15) is 4.39 Å². The lowest BCUT2D eigenvalue weighted by Crippen LogP contribution is -2.05. The van der Waals surface area contributed by atoms with Crippen LogP contribution in [0.1, 0.15) is 5.56 Å². The molecule has 2 rings (SSSR count). The molecular weight excluding hydrogens is 288 g/mol. The molecule has 100 valence electrons. The van der Waals surface area contributed by atoms with Gasteiger partial charge in [0, 0.05) is 19.2 Å². The Bertz CT molecular complexity index is 590. The van der Waals surface area contributed by atoms with Crippen molar-refractivity contribution in [1.29, 1.82) is 0 Å². The van der Waals surface area contributed by atoms with Gasteiger partial charge in [-0.3, -0.25) is 0 Å². The van der Waals surface area contributed by atoms with Crippen LogP contribution in [0.2, 0.25) is 10.0 Å². The molecule has 3 nitrogen and oxygen atoms in total. The van der Waals surface area contributed by atoms with E-state index in [0.29, 0.717) is 33.8 Å². The number of hydrogen-bond donors (Lipinski definition) is 2. The van der Waals surface area contributed by atoms with E-state index in [0.717, 1.165) is 0 Å². The van der Waals surface area contributed by atoms with Crippen molar-refractivity contribution in [2.45, 2.75) is 6.54 Å². The molecule has 0 unspecified atom stereocenters. The summed E-state index contributed by atoms with van der Waals surface area (Å²) in [6, 6.07) is 8.12. The summed E-state index contributed by atoms with van der Waals surface area (Å²) < 4.78 is 13.5. The van der Waals surface area contributed by atoms with E-state index in [1.54, 1.807) is 31.3 Å². The Balaban J connectivity index is 2.18. The Hall–Kier alpha value is -1.52. The first-order valence-corrected chi connectivity index (χ1v) is 6.38. The largest absolute Gasteiger partial charge is 0.372 e. The topological polar surface area (TPSA) is 37.0 Å². The van der Waals surface area contributed by atoms with Crippen LogP contribution >= 0.6 is 23.2 Å². The highest BCUT2D eigenvalue weighted by molar-refractivity contribution is 6.37. The molecule has 0 radical (unpaired) electrons. The van der Waals surface area contributed by atoms with Gasteiger partial charge in [-0.1, -0.05) is 41.4 Å². The predicted octanol–water partition coefficient (Wildman–Crippen LogP) is 4.18. The third kappa shape index (κ3) is 3.28. The van der Waals surface area contributed by atoms with Gasteiger partial charge < -0.3 is 10.6 Å². The first-order chi connectivity index (χ1) is 9.11. The molecular formula is C13H12Cl2FN3. The number of aromatic nitrogens is 1. The first kappa shape index (κ1) is 13.9. The second-order valence-corrected chi connectivity index (χ2v) is 4.66. The van der Waals surface area contributed by atoms with Gasteiger partial charge in [0.25, 0.3) is 0 Å². The minimum absolute atomic E-state index is 0.270. The Morgan fingerprint density at radius 3 is 2.53 bits per heavy atom. The normalized spacial score (nSPS) is 10.3. The fourth-order valence-corrected chi connectivity index (χ4v) is 2.11. The van der Waals surface area contributed by atoms with Crippen molar-refractivity contribution in [2.24, 2.45) is 0 Å². The summed E-state index contributed by atoms with van der Waals surface area (Å²) in [6.07, 6.45) is 0. The van der Waals surface area contributed by atoms with Crippen LogP contribution in [0.15, 0.2) is 30.3 Å². The molecule has 0 aliphatic rings. The van der Waals surface area contributed by atoms with E-state index in [1.165, 1.54) is 6.07 Å². The zero-order chi connectivity index (χ0) is 13.8. The molecule has 19 heavy (non-hydrogen) atoms. The number of benzene rings is 1. The molecule has 1 heterocycles. The molecule has 0 amide bonds. The average Bonchev–Trinajstić information content (AvgIpc) is 2.39. The molecule has 1 aromatic heterocycles. The maximum atomic E-state index is 13.5. The van der Waals surface area contributed by atoms with E-state index in [-0.39, 0.29) is 5.82 Å². The third-order valence-electron chi connectivity index (χ3n) is 2.57.